The summed E-state index contributed by atoms with van der Waals surface area (Å²) in [6.45, 7) is 5.28. The van der Waals surface area contributed by atoms with Crippen LogP contribution in [-0.4, -0.2) is 42.8 Å². The molecule has 1 amide bonds. The molecule has 20 heavy (non-hydrogen) atoms. The molecule has 0 atom stereocenters. The Hall–Kier alpha value is -1.10. The molecule has 0 aromatic heterocycles. The molecule has 1 aromatic rings. The van der Waals surface area contributed by atoms with Gasteiger partial charge >= 0.3 is 0 Å². The summed E-state index contributed by atoms with van der Waals surface area (Å²) in [7, 11) is 0. The van der Waals surface area contributed by atoms with Crippen molar-refractivity contribution in [2.24, 2.45) is 0 Å². The normalized spacial score (nSPS) is 10.7. The summed E-state index contributed by atoms with van der Waals surface area (Å²) in [4.78, 5) is 25.5. The summed E-state index contributed by atoms with van der Waals surface area (Å²) >= 11 is 11.8. The van der Waals surface area contributed by atoms with E-state index in [9.17, 15) is 9.59 Å². The third-order valence-electron chi connectivity index (χ3n) is 2.79. The minimum atomic E-state index is -0.127. The molecule has 110 valence electrons. The summed E-state index contributed by atoms with van der Waals surface area (Å²) in [6.07, 6.45) is 0. The highest BCUT2D eigenvalue weighted by Gasteiger charge is 2.16. The predicted molar refractivity (Wildman–Crippen MR) is 81.6 cm³/mol. The van der Waals surface area contributed by atoms with Crippen LogP contribution in [0.1, 0.15) is 24.2 Å². The summed E-state index contributed by atoms with van der Waals surface area (Å²) in [5.74, 6) is -0.220. The minimum absolute atomic E-state index is 0.0932. The fourth-order valence-corrected chi connectivity index (χ4v) is 2.25. The molecule has 0 aliphatic rings. The highest BCUT2D eigenvalue weighted by molar-refractivity contribution is 6.36. The van der Waals surface area contributed by atoms with E-state index in [0.29, 0.717) is 28.7 Å². The van der Waals surface area contributed by atoms with Crippen LogP contribution in [0.5, 0.6) is 0 Å². The predicted octanol–water partition coefficient (Wildman–Crippen LogP) is 2.63. The lowest BCUT2D eigenvalue weighted by Gasteiger charge is -2.19. The van der Waals surface area contributed by atoms with Crippen molar-refractivity contribution >= 4 is 34.9 Å². The summed E-state index contributed by atoms with van der Waals surface area (Å²) < 4.78 is 0. The minimum Gasteiger partial charge on any atom is -0.355 e. The maximum Gasteiger partial charge on any atom is 0.234 e. The molecule has 0 aliphatic carbocycles. The second kappa shape index (κ2) is 8.25. The number of hydrogen-bond donors (Lipinski definition) is 1. The van der Waals surface area contributed by atoms with Crippen molar-refractivity contribution in [2.75, 3.05) is 26.2 Å². The van der Waals surface area contributed by atoms with E-state index in [2.05, 4.69) is 5.32 Å². The van der Waals surface area contributed by atoms with Gasteiger partial charge in [-0.15, -0.1) is 0 Å². The van der Waals surface area contributed by atoms with Gasteiger partial charge in [-0.25, -0.2) is 0 Å². The number of halogens is 2. The molecule has 1 rings (SSSR count). The van der Waals surface area contributed by atoms with E-state index in [1.54, 1.807) is 17.0 Å². The first-order valence-electron chi connectivity index (χ1n) is 6.45. The van der Waals surface area contributed by atoms with Gasteiger partial charge < -0.3 is 5.32 Å². The lowest BCUT2D eigenvalue weighted by atomic mass is 10.1. The van der Waals surface area contributed by atoms with Crippen LogP contribution in [0.25, 0.3) is 0 Å². The molecule has 0 saturated carbocycles. The zero-order valence-electron chi connectivity index (χ0n) is 11.6. The lowest BCUT2D eigenvalue weighted by molar-refractivity contribution is -0.121. The van der Waals surface area contributed by atoms with Crippen LogP contribution >= 0.6 is 23.2 Å². The van der Waals surface area contributed by atoms with Crippen LogP contribution < -0.4 is 5.32 Å². The number of amides is 1. The van der Waals surface area contributed by atoms with Gasteiger partial charge in [-0.2, -0.15) is 0 Å². The molecular weight excluding hydrogens is 299 g/mol. The van der Waals surface area contributed by atoms with Crippen molar-refractivity contribution in [2.45, 2.75) is 13.8 Å². The average Bonchev–Trinajstić information content (AvgIpc) is 2.37. The first-order valence-corrected chi connectivity index (χ1v) is 7.20. The van der Waals surface area contributed by atoms with Gasteiger partial charge in [-0.1, -0.05) is 30.1 Å². The lowest BCUT2D eigenvalue weighted by Crippen LogP contribution is -2.39. The average molecular weight is 317 g/mol. The molecule has 0 saturated heterocycles. The number of carbonyl (C=O) groups excluding carboxylic acids is 2. The molecule has 0 heterocycles. The van der Waals surface area contributed by atoms with Gasteiger partial charge in [0, 0.05) is 17.1 Å². The summed E-state index contributed by atoms with van der Waals surface area (Å²) in [5.41, 5.74) is 0.422. The Balaban J connectivity index is 2.69. The standard InChI is InChI=1S/C14H18Cl2N2O2/c1-3-17-14(20)9-18(4-2)8-13(19)11-6-5-10(15)7-12(11)16/h5-7H,3-4,8-9H2,1-2H3,(H,17,20). The fraction of sp³-hybridized carbons (Fsp3) is 0.429. The molecule has 4 nitrogen and oxygen atoms in total. The van der Waals surface area contributed by atoms with E-state index in [4.69, 9.17) is 23.2 Å². The number of rotatable bonds is 7. The molecule has 6 heteroatoms. The number of nitrogens with zero attached hydrogens (tertiary/aromatic N) is 1. The molecule has 1 N–H and O–H groups in total. The van der Waals surface area contributed by atoms with Gasteiger partial charge in [0.25, 0.3) is 0 Å². The Morgan fingerprint density at radius 1 is 1.20 bits per heavy atom. The van der Waals surface area contributed by atoms with Crippen LogP contribution in [0.2, 0.25) is 10.0 Å². The molecule has 0 fully saturated rings. The molecule has 0 unspecified atom stereocenters. The highest BCUT2D eigenvalue weighted by atomic mass is 35.5. The number of likely N-dealkylation sites (N-methyl/N-ethyl adjacent to an activating group) is 2. The van der Waals surface area contributed by atoms with E-state index < -0.39 is 0 Å². The van der Waals surface area contributed by atoms with E-state index in [-0.39, 0.29) is 24.8 Å². The molecule has 1 aromatic carbocycles. The molecule has 0 radical (unpaired) electrons. The van der Waals surface area contributed by atoms with E-state index >= 15 is 0 Å². The van der Waals surface area contributed by atoms with Gasteiger partial charge in [-0.05, 0) is 31.7 Å². The summed E-state index contributed by atoms with van der Waals surface area (Å²) in [5, 5.41) is 3.52. The Bertz CT molecular complexity index is 492. The van der Waals surface area contributed by atoms with Gasteiger partial charge in [0.2, 0.25) is 5.91 Å². The maximum atomic E-state index is 12.2. The van der Waals surface area contributed by atoms with Crippen LogP contribution in [0.15, 0.2) is 18.2 Å². The van der Waals surface area contributed by atoms with Crippen molar-refractivity contribution in [3.05, 3.63) is 33.8 Å². The van der Waals surface area contributed by atoms with Gasteiger partial charge in [0.1, 0.15) is 0 Å². The van der Waals surface area contributed by atoms with Crippen LogP contribution in [-0.2, 0) is 4.79 Å². The number of nitrogens with one attached hydrogen (secondary N) is 1. The first kappa shape index (κ1) is 17.0. The van der Waals surface area contributed by atoms with E-state index in [1.165, 1.54) is 6.07 Å². The molecule has 0 spiro atoms. The van der Waals surface area contributed by atoms with Crippen molar-refractivity contribution < 1.29 is 9.59 Å². The summed E-state index contributed by atoms with van der Waals surface area (Å²) in [6, 6.07) is 4.77. The largest absolute Gasteiger partial charge is 0.355 e. The fourth-order valence-electron chi connectivity index (χ4n) is 1.74. The molecule has 0 aliphatic heterocycles. The van der Waals surface area contributed by atoms with Crippen LogP contribution in [0.4, 0.5) is 0 Å². The number of hydrogen-bond acceptors (Lipinski definition) is 3. The van der Waals surface area contributed by atoms with Crippen LogP contribution in [0.3, 0.4) is 0 Å². The van der Waals surface area contributed by atoms with Gasteiger partial charge in [0.15, 0.2) is 5.78 Å². The van der Waals surface area contributed by atoms with Crippen molar-refractivity contribution in [3.63, 3.8) is 0 Å². The Kier molecular flexibility index (Phi) is 6.99. The number of Topliss-reactive ketones (excluding diaryl/α,β-unsaturated/α-hetero) is 1. The van der Waals surface area contributed by atoms with Crippen molar-refractivity contribution in [1.29, 1.82) is 0 Å². The third-order valence-corrected chi connectivity index (χ3v) is 3.33. The Labute approximate surface area is 129 Å². The molecule has 0 bridgehead atoms. The second-order valence-corrected chi connectivity index (χ2v) is 5.15. The quantitative estimate of drug-likeness (QED) is 0.787. The van der Waals surface area contributed by atoms with Crippen LogP contribution in [0, 0.1) is 0 Å². The molecular formula is C14H18Cl2N2O2. The topological polar surface area (TPSA) is 49.4 Å². The van der Waals surface area contributed by atoms with E-state index in [0.717, 1.165) is 0 Å². The monoisotopic (exact) mass is 316 g/mol. The van der Waals surface area contributed by atoms with E-state index in [1.807, 2.05) is 13.8 Å². The number of carbonyl (C=O) groups is 2. The Morgan fingerprint density at radius 3 is 2.45 bits per heavy atom. The van der Waals surface area contributed by atoms with Gasteiger partial charge in [-0.3, -0.25) is 14.5 Å². The smallest absolute Gasteiger partial charge is 0.234 e. The Morgan fingerprint density at radius 2 is 1.90 bits per heavy atom. The SMILES string of the molecule is CCNC(=O)CN(CC)CC(=O)c1ccc(Cl)cc1Cl. The highest BCUT2D eigenvalue weighted by Crippen LogP contribution is 2.21. The third kappa shape index (κ3) is 5.12. The first-order chi connectivity index (χ1) is 9.47. The van der Waals surface area contributed by atoms with Gasteiger partial charge in [0.05, 0.1) is 18.1 Å². The zero-order chi connectivity index (χ0) is 15.1. The van der Waals surface area contributed by atoms with Crippen molar-refractivity contribution in [1.82, 2.24) is 10.2 Å². The zero-order valence-corrected chi connectivity index (χ0v) is 13.1. The number of ketones is 1. The van der Waals surface area contributed by atoms with Crippen molar-refractivity contribution in [3.8, 4) is 0 Å². The number of benzene rings is 1. The second-order valence-electron chi connectivity index (χ2n) is 4.30. The maximum absolute atomic E-state index is 12.2.